The lowest BCUT2D eigenvalue weighted by Crippen LogP contribution is -2.28. The van der Waals surface area contributed by atoms with E-state index in [-0.39, 0.29) is 12.7 Å². The summed E-state index contributed by atoms with van der Waals surface area (Å²) >= 11 is 0. The van der Waals surface area contributed by atoms with Crippen LogP contribution in [0.1, 0.15) is 83.6 Å². The van der Waals surface area contributed by atoms with Crippen LogP contribution in [0.4, 0.5) is 0 Å². The molecule has 1 atom stereocenters. The molecule has 0 aromatic heterocycles. The first-order valence-electron chi connectivity index (χ1n) is 11.3. The predicted octanol–water partition coefficient (Wildman–Crippen LogP) is 5.90. The fourth-order valence-electron chi connectivity index (χ4n) is 3.00. The molecule has 0 fully saturated rings. The van der Waals surface area contributed by atoms with Gasteiger partial charge in [0, 0.05) is 13.2 Å². The molecule has 0 radical (unpaired) electrons. The largest absolute Gasteiger partial charge is 0.491 e. The van der Waals surface area contributed by atoms with Gasteiger partial charge in [-0.05, 0) is 30.5 Å². The molecule has 0 saturated heterocycles. The zero-order valence-electron chi connectivity index (χ0n) is 18.2. The third-order valence-electron chi connectivity index (χ3n) is 4.84. The minimum absolute atomic E-state index is 0.0423. The van der Waals surface area contributed by atoms with Crippen molar-refractivity contribution < 1.29 is 19.3 Å². The van der Waals surface area contributed by atoms with Crippen LogP contribution >= 0.6 is 0 Å². The molecule has 4 heteroatoms. The topological polar surface area (TPSA) is 47.9 Å². The number of ether oxygens (including phenoxy) is 3. The van der Waals surface area contributed by atoms with E-state index in [0.717, 1.165) is 37.4 Å². The van der Waals surface area contributed by atoms with Gasteiger partial charge in [-0.1, -0.05) is 77.3 Å². The second-order valence-corrected chi connectivity index (χ2v) is 7.51. The Hall–Kier alpha value is -1.10. The van der Waals surface area contributed by atoms with E-state index in [4.69, 9.17) is 19.3 Å². The van der Waals surface area contributed by atoms with Gasteiger partial charge in [-0.25, -0.2) is 0 Å². The van der Waals surface area contributed by atoms with Gasteiger partial charge in [0.15, 0.2) is 0 Å². The van der Waals surface area contributed by atoms with E-state index >= 15 is 0 Å². The average molecular weight is 395 g/mol. The minimum atomic E-state index is -0.0423. The Balaban J connectivity index is 2.29. The standard InChI is InChI=1S/C24H42O4/c1-3-5-7-9-11-17-26-20-24(27-18-12-10-8-6-4-2)21-28-23-15-13-22(19-25)14-16-23/h13-16,24-25H,3-12,17-21H2,1-2H3. The summed E-state index contributed by atoms with van der Waals surface area (Å²) < 4.78 is 17.8. The Labute approximate surface area is 172 Å². The maximum atomic E-state index is 9.13. The van der Waals surface area contributed by atoms with E-state index in [0.29, 0.717) is 13.2 Å². The molecule has 28 heavy (non-hydrogen) atoms. The maximum Gasteiger partial charge on any atom is 0.119 e. The Morgan fingerprint density at radius 3 is 1.96 bits per heavy atom. The molecule has 4 nitrogen and oxygen atoms in total. The molecule has 0 spiro atoms. The van der Waals surface area contributed by atoms with Crippen molar-refractivity contribution in [3.8, 4) is 5.75 Å². The number of rotatable bonds is 19. The molecule has 162 valence electrons. The summed E-state index contributed by atoms with van der Waals surface area (Å²) in [7, 11) is 0. The van der Waals surface area contributed by atoms with Crippen LogP contribution < -0.4 is 4.74 Å². The van der Waals surface area contributed by atoms with Gasteiger partial charge < -0.3 is 19.3 Å². The van der Waals surface area contributed by atoms with Crippen LogP contribution in [0.3, 0.4) is 0 Å². The number of hydrogen-bond acceptors (Lipinski definition) is 4. The van der Waals surface area contributed by atoms with Gasteiger partial charge in [-0.2, -0.15) is 0 Å². The number of unbranched alkanes of at least 4 members (excludes halogenated alkanes) is 8. The maximum absolute atomic E-state index is 9.13. The molecule has 0 aliphatic carbocycles. The van der Waals surface area contributed by atoms with Crippen molar-refractivity contribution >= 4 is 0 Å². The Kier molecular flexibility index (Phi) is 16.0. The summed E-state index contributed by atoms with van der Waals surface area (Å²) in [6.07, 6.45) is 12.4. The highest BCUT2D eigenvalue weighted by molar-refractivity contribution is 5.26. The Morgan fingerprint density at radius 1 is 0.750 bits per heavy atom. The molecule has 1 unspecified atom stereocenters. The Bertz CT molecular complexity index is 446. The fraction of sp³-hybridized carbons (Fsp3) is 0.750. The van der Waals surface area contributed by atoms with E-state index in [1.165, 1.54) is 51.4 Å². The molecule has 0 aliphatic rings. The van der Waals surface area contributed by atoms with Crippen molar-refractivity contribution in [2.75, 3.05) is 26.4 Å². The first-order valence-corrected chi connectivity index (χ1v) is 11.3. The SMILES string of the molecule is CCCCCCCOCC(COc1ccc(CO)cc1)OCCCCCCC. The van der Waals surface area contributed by atoms with E-state index in [2.05, 4.69) is 13.8 Å². The molecule has 0 heterocycles. The molecule has 0 saturated carbocycles. The fourth-order valence-corrected chi connectivity index (χ4v) is 3.00. The van der Waals surface area contributed by atoms with Gasteiger partial charge in [-0.15, -0.1) is 0 Å². The second kappa shape index (κ2) is 18.0. The first kappa shape index (κ1) is 24.9. The summed E-state index contributed by atoms with van der Waals surface area (Å²) in [5.74, 6) is 0.799. The molecule has 1 aromatic rings. The van der Waals surface area contributed by atoms with Crippen molar-refractivity contribution in [3.05, 3.63) is 29.8 Å². The summed E-state index contributed by atoms with van der Waals surface area (Å²) in [5, 5.41) is 9.13. The van der Waals surface area contributed by atoms with E-state index in [1.807, 2.05) is 24.3 Å². The van der Waals surface area contributed by atoms with Gasteiger partial charge in [0.1, 0.15) is 18.5 Å². The van der Waals surface area contributed by atoms with Crippen LogP contribution in [-0.4, -0.2) is 37.6 Å². The number of aliphatic hydroxyl groups is 1. The molecule has 1 N–H and O–H groups in total. The zero-order chi connectivity index (χ0) is 20.3. The van der Waals surface area contributed by atoms with Crippen LogP contribution in [0.15, 0.2) is 24.3 Å². The number of aliphatic hydroxyl groups excluding tert-OH is 1. The molecule has 1 aromatic carbocycles. The minimum Gasteiger partial charge on any atom is -0.491 e. The molecule has 0 amide bonds. The van der Waals surface area contributed by atoms with Crippen molar-refractivity contribution in [2.24, 2.45) is 0 Å². The van der Waals surface area contributed by atoms with Crippen LogP contribution in [0, 0.1) is 0 Å². The van der Waals surface area contributed by atoms with E-state index in [9.17, 15) is 0 Å². The highest BCUT2D eigenvalue weighted by atomic mass is 16.6. The predicted molar refractivity (Wildman–Crippen MR) is 116 cm³/mol. The smallest absolute Gasteiger partial charge is 0.119 e. The van der Waals surface area contributed by atoms with Gasteiger partial charge in [-0.3, -0.25) is 0 Å². The van der Waals surface area contributed by atoms with Crippen LogP contribution in [0.2, 0.25) is 0 Å². The summed E-state index contributed by atoms with van der Waals surface area (Å²) in [4.78, 5) is 0. The van der Waals surface area contributed by atoms with Gasteiger partial charge in [0.25, 0.3) is 0 Å². The molecular weight excluding hydrogens is 352 g/mol. The lowest BCUT2D eigenvalue weighted by atomic mass is 10.2. The van der Waals surface area contributed by atoms with Crippen molar-refractivity contribution in [2.45, 2.75) is 90.8 Å². The summed E-state index contributed by atoms with van der Waals surface area (Å²) in [6, 6.07) is 7.54. The monoisotopic (exact) mass is 394 g/mol. The van der Waals surface area contributed by atoms with Crippen molar-refractivity contribution in [3.63, 3.8) is 0 Å². The molecule has 1 rings (SSSR count). The van der Waals surface area contributed by atoms with Gasteiger partial charge in [0.2, 0.25) is 0 Å². The lowest BCUT2D eigenvalue weighted by molar-refractivity contribution is -0.0389. The lowest BCUT2D eigenvalue weighted by Gasteiger charge is -2.19. The van der Waals surface area contributed by atoms with Crippen LogP contribution in [-0.2, 0) is 16.1 Å². The van der Waals surface area contributed by atoms with Crippen LogP contribution in [0.25, 0.3) is 0 Å². The van der Waals surface area contributed by atoms with Gasteiger partial charge in [0.05, 0.1) is 13.2 Å². The normalized spacial score (nSPS) is 12.2. The van der Waals surface area contributed by atoms with Crippen LogP contribution in [0.5, 0.6) is 5.75 Å². The second-order valence-electron chi connectivity index (χ2n) is 7.51. The average Bonchev–Trinajstić information content (AvgIpc) is 2.73. The van der Waals surface area contributed by atoms with E-state index in [1.54, 1.807) is 0 Å². The third kappa shape index (κ3) is 13.1. The van der Waals surface area contributed by atoms with E-state index < -0.39 is 0 Å². The molecular formula is C24H42O4. The highest BCUT2D eigenvalue weighted by Gasteiger charge is 2.11. The quantitative estimate of drug-likeness (QED) is 0.297. The van der Waals surface area contributed by atoms with Crippen molar-refractivity contribution in [1.82, 2.24) is 0 Å². The first-order chi connectivity index (χ1) is 13.8. The van der Waals surface area contributed by atoms with Crippen molar-refractivity contribution in [1.29, 1.82) is 0 Å². The number of hydrogen-bond donors (Lipinski definition) is 1. The number of benzene rings is 1. The zero-order valence-corrected chi connectivity index (χ0v) is 18.2. The Morgan fingerprint density at radius 2 is 1.36 bits per heavy atom. The third-order valence-corrected chi connectivity index (χ3v) is 4.84. The van der Waals surface area contributed by atoms with Gasteiger partial charge >= 0.3 is 0 Å². The molecule has 0 aliphatic heterocycles. The highest BCUT2D eigenvalue weighted by Crippen LogP contribution is 2.13. The summed E-state index contributed by atoms with van der Waals surface area (Å²) in [6.45, 7) is 7.15. The molecule has 0 bridgehead atoms. The summed E-state index contributed by atoms with van der Waals surface area (Å²) in [5.41, 5.74) is 0.888.